The van der Waals surface area contributed by atoms with Crippen molar-refractivity contribution in [1.29, 1.82) is 0 Å². The Morgan fingerprint density at radius 2 is 1.89 bits per heavy atom. The quantitative estimate of drug-likeness (QED) is 0.666. The molecule has 0 N–H and O–H groups in total. The van der Waals surface area contributed by atoms with Crippen LogP contribution in [0, 0.1) is 0 Å². The predicted octanol–water partition coefficient (Wildman–Crippen LogP) is 5.86. The predicted molar refractivity (Wildman–Crippen MR) is 86.2 cm³/mol. The number of hydrogen-bond acceptors (Lipinski definition) is 0. The Morgan fingerprint density at radius 1 is 1.11 bits per heavy atom. The van der Waals surface area contributed by atoms with Gasteiger partial charge in [0.2, 0.25) is 0 Å². The summed E-state index contributed by atoms with van der Waals surface area (Å²) in [5.74, 6) is 0. The summed E-state index contributed by atoms with van der Waals surface area (Å²) in [7, 11) is 0. The summed E-state index contributed by atoms with van der Waals surface area (Å²) in [6.45, 7) is 2.25. The van der Waals surface area contributed by atoms with E-state index < -0.39 is 0 Å². The zero-order chi connectivity index (χ0) is 13.2. The van der Waals surface area contributed by atoms with Gasteiger partial charge in [0, 0.05) is 4.47 Å². The van der Waals surface area contributed by atoms with E-state index in [0.717, 1.165) is 6.42 Å². The normalized spacial score (nSPS) is 13.3. The molecular weight excluding hydrogens is 296 g/mol. The van der Waals surface area contributed by atoms with E-state index in [4.69, 9.17) is 0 Å². The van der Waals surface area contributed by atoms with E-state index in [1.807, 2.05) is 0 Å². The highest BCUT2D eigenvalue weighted by atomic mass is 79.9. The number of allylic oxidation sites excluding steroid dienone is 1. The van der Waals surface area contributed by atoms with Gasteiger partial charge in [-0.1, -0.05) is 71.3 Å². The standard InChI is InChI=1S/C18H17Br/c1-2-6-13-9-15-11-17(14-7-4-3-5-8-14)18(19)12-16(15)10-13/h3-5,7-8,10-12H,2,6,9H2,1H3. The molecule has 2 aromatic rings. The molecule has 3 rings (SSSR count). The first-order valence-corrected chi connectivity index (χ1v) is 7.64. The van der Waals surface area contributed by atoms with E-state index >= 15 is 0 Å². The topological polar surface area (TPSA) is 0 Å². The van der Waals surface area contributed by atoms with Crippen molar-refractivity contribution in [2.45, 2.75) is 26.2 Å². The minimum Gasteiger partial charge on any atom is -0.0652 e. The Labute approximate surface area is 123 Å². The van der Waals surface area contributed by atoms with Crippen LogP contribution in [0.1, 0.15) is 30.9 Å². The summed E-state index contributed by atoms with van der Waals surface area (Å²) in [5, 5.41) is 0. The van der Waals surface area contributed by atoms with Crippen LogP contribution < -0.4 is 0 Å². The number of rotatable bonds is 3. The van der Waals surface area contributed by atoms with Crippen LogP contribution >= 0.6 is 15.9 Å². The average Bonchev–Trinajstić information content (AvgIpc) is 2.80. The third-order valence-electron chi connectivity index (χ3n) is 3.66. The van der Waals surface area contributed by atoms with Gasteiger partial charge in [0.05, 0.1) is 0 Å². The first-order valence-electron chi connectivity index (χ1n) is 6.85. The van der Waals surface area contributed by atoms with Crippen molar-refractivity contribution in [2.75, 3.05) is 0 Å². The number of benzene rings is 2. The first kappa shape index (κ1) is 12.7. The lowest BCUT2D eigenvalue weighted by molar-refractivity contribution is 0.886. The van der Waals surface area contributed by atoms with Crippen molar-refractivity contribution in [1.82, 2.24) is 0 Å². The van der Waals surface area contributed by atoms with E-state index in [9.17, 15) is 0 Å². The molecular formula is C18H17Br. The minimum absolute atomic E-state index is 1.12. The molecule has 0 aromatic heterocycles. The van der Waals surface area contributed by atoms with Crippen LogP contribution in [0.2, 0.25) is 0 Å². The summed E-state index contributed by atoms with van der Waals surface area (Å²) in [4.78, 5) is 0. The van der Waals surface area contributed by atoms with E-state index in [2.05, 4.69) is 71.4 Å². The lowest BCUT2D eigenvalue weighted by atomic mass is 10.00. The van der Waals surface area contributed by atoms with Crippen LogP contribution in [0.3, 0.4) is 0 Å². The van der Waals surface area contributed by atoms with Gasteiger partial charge in [-0.15, -0.1) is 0 Å². The molecule has 0 amide bonds. The van der Waals surface area contributed by atoms with E-state index in [1.54, 1.807) is 5.57 Å². The Morgan fingerprint density at radius 3 is 2.63 bits per heavy atom. The third kappa shape index (κ3) is 2.52. The van der Waals surface area contributed by atoms with Gasteiger partial charge in [-0.2, -0.15) is 0 Å². The van der Waals surface area contributed by atoms with Gasteiger partial charge in [-0.3, -0.25) is 0 Å². The summed E-state index contributed by atoms with van der Waals surface area (Å²) in [5.41, 5.74) is 6.99. The van der Waals surface area contributed by atoms with Crippen molar-refractivity contribution < 1.29 is 0 Å². The summed E-state index contributed by atoms with van der Waals surface area (Å²) < 4.78 is 1.19. The third-order valence-corrected chi connectivity index (χ3v) is 4.32. The molecule has 0 aliphatic heterocycles. The van der Waals surface area contributed by atoms with Crippen molar-refractivity contribution in [3.05, 3.63) is 63.6 Å². The van der Waals surface area contributed by atoms with Crippen molar-refractivity contribution in [3.63, 3.8) is 0 Å². The van der Waals surface area contributed by atoms with Gasteiger partial charge in [0.25, 0.3) is 0 Å². The molecule has 0 nitrogen and oxygen atoms in total. The fourth-order valence-corrected chi connectivity index (χ4v) is 3.35. The highest BCUT2D eigenvalue weighted by Crippen LogP contribution is 2.36. The molecule has 0 bridgehead atoms. The Balaban J connectivity index is 2.00. The molecule has 1 heteroatoms. The molecule has 0 heterocycles. The van der Waals surface area contributed by atoms with Gasteiger partial charge in [0.1, 0.15) is 0 Å². The van der Waals surface area contributed by atoms with Gasteiger partial charge < -0.3 is 0 Å². The molecule has 0 fully saturated rings. The number of halogens is 1. The zero-order valence-electron chi connectivity index (χ0n) is 11.1. The second kappa shape index (κ2) is 5.34. The summed E-state index contributed by atoms with van der Waals surface area (Å²) >= 11 is 3.72. The average molecular weight is 313 g/mol. The molecule has 0 unspecified atom stereocenters. The van der Waals surface area contributed by atoms with Gasteiger partial charge in [-0.25, -0.2) is 0 Å². The Bertz CT molecular complexity index is 624. The molecule has 2 aromatic carbocycles. The molecule has 0 saturated heterocycles. The van der Waals surface area contributed by atoms with Crippen LogP contribution in [0.15, 0.2) is 52.5 Å². The van der Waals surface area contributed by atoms with Crippen LogP contribution in [0.5, 0.6) is 0 Å². The smallest absolute Gasteiger partial charge is 0.0259 e. The van der Waals surface area contributed by atoms with Gasteiger partial charge >= 0.3 is 0 Å². The second-order valence-electron chi connectivity index (χ2n) is 5.13. The van der Waals surface area contributed by atoms with E-state index in [0.29, 0.717) is 0 Å². The maximum absolute atomic E-state index is 3.72. The van der Waals surface area contributed by atoms with Crippen LogP contribution in [-0.4, -0.2) is 0 Å². The second-order valence-corrected chi connectivity index (χ2v) is 5.98. The number of hydrogen-bond donors (Lipinski definition) is 0. The van der Waals surface area contributed by atoms with E-state index in [1.165, 1.54) is 39.6 Å². The molecule has 96 valence electrons. The molecule has 0 spiro atoms. The van der Waals surface area contributed by atoms with Gasteiger partial charge in [0.15, 0.2) is 0 Å². The first-order chi connectivity index (χ1) is 9.28. The molecule has 1 aliphatic rings. The maximum Gasteiger partial charge on any atom is 0.0259 e. The summed E-state index contributed by atoms with van der Waals surface area (Å²) in [6.07, 6.45) is 5.92. The minimum atomic E-state index is 1.12. The largest absolute Gasteiger partial charge is 0.0652 e. The lowest BCUT2D eigenvalue weighted by Gasteiger charge is -2.08. The monoisotopic (exact) mass is 312 g/mol. The van der Waals surface area contributed by atoms with Gasteiger partial charge in [-0.05, 0) is 47.2 Å². The SMILES string of the molecule is CCCC1=Cc2cc(Br)c(-c3ccccc3)cc2C1. The molecule has 1 aliphatic carbocycles. The fourth-order valence-electron chi connectivity index (χ4n) is 2.76. The fraction of sp³-hybridized carbons (Fsp3) is 0.222. The van der Waals surface area contributed by atoms with Crippen LogP contribution in [0.25, 0.3) is 17.2 Å². The highest BCUT2D eigenvalue weighted by molar-refractivity contribution is 9.10. The summed E-state index contributed by atoms with van der Waals surface area (Å²) in [6, 6.07) is 15.2. The molecule has 0 atom stereocenters. The molecule has 19 heavy (non-hydrogen) atoms. The number of fused-ring (bicyclic) bond motifs is 1. The van der Waals surface area contributed by atoms with E-state index in [-0.39, 0.29) is 0 Å². The maximum atomic E-state index is 3.72. The van der Waals surface area contributed by atoms with Crippen LogP contribution in [-0.2, 0) is 6.42 Å². The molecule has 0 radical (unpaired) electrons. The Hall–Kier alpha value is -1.34. The zero-order valence-corrected chi connectivity index (χ0v) is 12.7. The Kier molecular flexibility index (Phi) is 3.56. The van der Waals surface area contributed by atoms with Crippen molar-refractivity contribution in [2.24, 2.45) is 0 Å². The van der Waals surface area contributed by atoms with Crippen LogP contribution in [0.4, 0.5) is 0 Å². The van der Waals surface area contributed by atoms with Crippen molar-refractivity contribution >= 4 is 22.0 Å². The van der Waals surface area contributed by atoms with Crippen molar-refractivity contribution in [3.8, 4) is 11.1 Å². The molecule has 0 saturated carbocycles. The highest BCUT2D eigenvalue weighted by Gasteiger charge is 2.15. The lowest BCUT2D eigenvalue weighted by Crippen LogP contribution is -1.88.